The SMILES string of the molecule is CCc1cccc(CC)c1N(c1ccc2c(c1)C(CC)(CC)c1cc(-c3nc4ccccc4s3)ccc1-2)c1c(CC)cccc1CC. The largest absolute Gasteiger partial charge is 0.309 e. The first-order valence-electron chi connectivity index (χ1n) is 17.7. The van der Waals surface area contributed by atoms with Crippen LogP contribution in [0.1, 0.15) is 87.8 Å². The van der Waals surface area contributed by atoms with Crippen LogP contribution in [0.5, 0.6) is 0 Å². The number of anilines is 3. The van der Waals surface area contributed by atoms with Crippen molar-refractivity contribution in [2.24, 2.45) is 0 Å². The summed E-state index contributed by atoms with van der Waals surface area (Å²) in [6.07, 6.45) is 6.08. The summed E-state index contributed by atoms with van der Waals surface area (Å²) in [4.78, 5) is 7.68. The van der Waals surface area contributed by atoms with Gasteiger partial charge in [-0.15, -0.1) is 11.3 Å². The van der Waals surface area contributed by atoms with Gasteiger partial charge in [0.05, 0.1) is 21.6 Å². The standard InChI is InChI=1S/C44H46N2S/c1-7-29-17-15-18-30(8-2)41(29)46(42-31(9-3)19-16-20-32(42)10-4)34-24-26-36-35-25-23-33(43-45-39-21-13-14-22-40(39)47-43)27-37(35)44(11-5,12-6)38(36)28-34/h13-28H,7-12H2,1-6H3. The Bertz CT molecular complexity index is 1950. The maximum atomic E-state index is 5.04. The quantitative estimate of drug-likeness (QED) is 0.149. The van der Waals surface area contributed by atoms with Gasteiger partial charge in [0.25, 0.3) is 0 Å². The molecule has 7 rings (SSSR count). The van der Waals surface area contributed by atoms with Crippen LogP contribution in [0.25, 0.3) is 31.9 Å². The molecule has 47 heavy (non-hydrogen) atoms. The van der Waals surface area contributed by atoms with Gasteiger partial charge in [-0.1, -0.05) is 108 Å². The van der Waals surface area contributed by atoms with Crippen molar-refractivity contribution in [1.29, 1.82) is 0 Å². The van der Waals surface area contributed by atoms with Crippen molar-refractivity contribution in [3.8, 4) is 21.7 Å². The molecule has 1 aromatic heterocycles. The Kier molecular flexibility index (Phi) is 8.53. The van der Waals surface area contributed by atoms with E-state index in [0.29, 0.717) is 0 Å². The number of nitrogens with zero attached hydrogens (tertiary/aromatic N) is 2. The van der Waals surface area contributed by atoms with Crippen LogP contribution in [0.15, 0.2) is 97.1 Å². The van der Waals surface area contributed by atoms with Gasteiger partial charge in [0, 0.05) is 16.7 Å². The smallest absolute Gasteiger partial charge is 0.124 e. The molecule has 1 heterocycles. The van der Waals surface area contributed by atoms with Gasteiger partial charge in [-0.3, -0.25) is 0 Å². The van der Waals surface area contributed by atoms with E-state index in [4.69, 9.17) is 4.98 Å². The Balaban J connectivity index is 1.45. The van der Waals surface area contributed by atoms with Gasteiger partial charge < -0.3 is 4.90 Å². The minimum Gasteiger partial charge on any atom is -0.309 e. The summed E-state index contributed by atoms with van der Waals surface area (Å²) in [6, 6.07) is 36.8. The van der Waals surface area contributed by atoms with Gasteiger partial charge in [-0.25, -0.2) is 4.98 Å². The number of hydrogen-bond acceptors (Lipinski definition) is 3. The van der Waals surface area contributed by atoms with Crippen LogP contribution in [0.3, 0.4) is 0 Å². The maximum absolute atomic E-state index is 5.04. The molecule has 0 spiro atoms. The summed E-state index contributed by atoms with van der Waals surface area (Å²) in [6.45, 7) is 13.9. The van der Waals surface area contributed by atoms with E-state index < -0.39 is 0 Å². The van der Waals surface area contributed by atoms with Crippen molar-refractivity contribution < 1.29 is 0 Å². The van der Waals surface area contributed by atoms with Gasteiger partial charge in [-0.2, -0.15) is 0 Å². The zero-order valence-electron chi connectivity index (χ0n) is 28.8. The fourth-order valence-corrected chi connectivity index (χ4v) is 9.10. The highest BCUT2D eigenvalue weighted by atomic mass is 32.1. The molecule has 0 radical (unpaired) electrons. The molecule has 6 aromatic rings. The first kappa shape index (κ1) is 31.4. The molecule has 0 amide bonds. The molecule has 238 valence electrons. The monoisotopic (exact) mass is 634 g/mol. The predicted octanol–water partition coefficient (Wildman–Crippen LogP) is 12.8. The summed E-state index contributed by atoms with van der Waals surface area (Å²) in [5, 5.41) is 1.10. The van der Waals surface area contributed by atoms with Crippen molar-refractivity contribution in [3.63, 3.8) is 0 Å². The fourth-order valence-electron chi connectivity index (χ4n) is 8.14. The third kappa shape index (κ3) is 5.02. The first-order chi connectivity index (χ1) is 23.0. The summed E-state index contributed by atoms with van der Waals surface area (Å²) >= 11 is 1.79. The van der Waals surface area contributed by atoms with Gasteiger partial charge in [-0.05, 0) is 113 Å². The van der Waals surface area contributed by atoms with E-state index in [2.05, 4.69) is 144 Å². The number of para-hydroxylation sites is 3. The zero-order chi connectivity index (χ0) is 32.7. The van der Waals surface area contributed by atoms with Crippen molar-refractivity contribution in [2.45, 2.75) is 85.5 Å². The second kappa shape index (κ2) is 12.8. The summed E-state index contributed by atoms with van der Waals surface area (Å²) in [5.74, 6) is 0. The third-order valence-electron chi connectivity index (χ3n) is 10.7. The number of rotatable bonds is 10. The Morgan fingerprint density at radius 1 is 0.574 bits per heavy atom. The fraction of sp³-hybridized carbons (Fsp3) is 0.295. The number of aromatic nitrogens is 1. The predicted molar refractivity (Wildman–Crippen MR) is 204 cm³/mol. The van der Waals surface area contributed by atoms with E-state index in [1.54, 1.807) is 11.3 Å². The van der Waals surface area contributed by atoms with Crippen molar-refractivity contribution >= 4 is 38.6 Å². The number of benzene rings is 5. The molecule has 0 aliphatic heterocycles. The topological polar surface area (TPSA) is 16.1 Å². The number of fused-ring (bicyclic) bond motifs is 4. The average molecular weight is 635 g/mol. The number of thiazole rings is 1. The van der Waals surface area contributed by atoms with E-state index in [-0.39, 0.29) is 5.41 Å². The normalized spacial score (nSPS) is 13.1. The Labute approximate surface area is 285 Å². The van der Waals surface area contributed by atoms with Crippen molar-refractivity contribution in [2.75, 3.05) is 4.90 Å². The van der Waals surface area contributed by atoms with Crippen LogP contribution in [0.2, 0.25) is 0 Å². The van der Waals surface area contributed by atoms with E-state index in [1.165, 1.54) is 71.8 Å². The van der Waals surface area contributed by atoms with Crippen LogP contribution >= 0.6 is 11.3 Å². The first-order valence-corrected chi connectivity index (χ1v) is 18.5. The highest BCUT2D eigenvalue weighted by Gasteiger charge is 2.41. The molecule has 3 heteroatoms. The molecule has 0 fully saturated rings. The third-order valence-corrected chi connectivity index (χ3v) is 11.8. The van der Waals surface area contributed by atoms with Crippen molar-refractivity contribution in [3.05, 3.63) is 130 Å². The van der Waals surface area contributed by atoms with Crippen LogP contribution in [-0.4, -0.2) is 4.98 Å². The number of hydrogen-bond donors (Lipinski definition) is 0. The summed E-state index contributed by atoms with van der Waals surface area (Å²) < 4.78 is 1.24. The molecule has 0 bridgehead atoms. The molecular weight excluding hydrogens is 589 g/mol. The molecule has 0 unspecified atom stereocenters. The second-order valence-corrected chi connectivity index (χ2v) is 13.9. The lowest BCUT2D eigenvalue weighted by atomic mass is 9.73. The van der Waals surface area contributed by atoms with Gasteiger partial charge >= 0.3 is 0 Å². The van der Waals surface area contributed by atoms with Gasteiger partial charge in [0.2, 0.25) is 0 Å². The lowest BCUT2D eigenvalue weighted by molar-refractivity contribution is 0.490. The summed E-state index contributed by atoms with van der Waals surface area (Å²) in [7, 11) is 0. The average Bonchev–Trinajstić information content (AvgIpc) is 3.68. The van der Waals surface area contributed by atoms with Crippen LogP contribution in [0, 0.1) is 0 Å². The van der Waals surface area contributed by atoms with E-state index in [0.717, 1.165) is 49.0 Å². The number of aryl methyl sites for hydroxylation is 4. The lowest BCUT2D eigenvalue weighted by Crippen LogP contribution is -2.24. The molecule has 5 aromatic carbocycles. The second-order valence-electron chi connectivity index (χ2n) is 12.9. The summed E-state index contributed by atoms with van der Waals surface area (Å²) in [5.41, 5.74) is 17.5. The van der Waals surface area contributed by atoms with Crippen LogP contribution in [-0.2, 0) is 31.1 Å². The molecule has 0 saturated heterocycles. The van der Waals surface area contributed by atoms with E-state index >= 15 is 0 Å². The van der Waals surface area contributed by atoms with Crippen molar-refractivity contribution in [1.82, 2.24) is 4.98 Å². The molecule has 0 atom stereocenters. The van der Waals surface area contributed by atoms with Crippen LogP contribution in [0.4, 0.5) is 17.1 Å². The zero-order valence-corrected chi connectivity index (χ0v) is 29.6. The van der Waals surface area contributed by atoms with Gasteiger partial charge in [0.1, 0.15) is 5.01 Å². The molecule has 2 nitrogen and oxygen atoms in total. The highest BCUT2D eigenvalue weighted by molar-refractivity contribution is 7.21. The molecule has 1 aliphatic rings. The van der Waals surface area contributed by atoms with Crippen LogP contribution < -0.4 is 4.90 Å². The lowest BCUT2D eigenvalue weighted by Gasteiger charge is -2.35. The Hall–Kier alpha value is -4.21. The molecule has 1 aliphatic carbocycles. The maximum Gasteiger partial charge on any atom is 0.124 e. The van der Waals surface area contributed by atoms with E-state index in [9.17, 15) is 0 Å². The van der Waals surface area contributed by atoms with E-state index in [1.807, 2.05) is 0 Å². The molecular formula is C44H46N2S. The van der Waals surface area contributed by atoms with Gasteiger partial charge in [0.15, 0.2) is 0 Å². The Morgan fingerprint density at radius 3 is 1.64 bits per heavy atom. The Morgan fingerprint density at radius 2 is 1.11 bits per heavy atom. The molecule has 0 saturated carbocycles. The highest BCUT2D eigenvalue weighted by Crippen LogP contribution is 2.55. The molecule has 0 N–H and O–H groups in total. The minimum atomic E-state index is -0.0608. The minimum absolute atomic E-state index is 0.0608.